The van der Waals surface area contributed by atoms with Crippen molar-refractivity contribution in [3.05, 3.63) is 53.2 Å². The summed E-state index contributed by atoms with van der Waals surface area (Å²) >= 11 is 0. The Labute approximate surface area is 176 Å². The van der Waals surface area contributed by atoms with Gasteiger partial charge in [0.2, 0.25) is 6.41 Å². The molecular formula is C24H28N2O4. The zero-order chi connectivity index (χ0) is 21.1. The second-order valence-corrected chi connectivity index (χ2v) is 7.51. The van der Waals surface area contributed by atoms with Crippen LogP contribution in [0.15, 0.2) is 36.5 Å². The van der Waals surface area contributed by atoms with Crippen LogP contribution in [-0.2, 0) is 17.6 Å². The molecule has 30 heavy (non-hydrogen) atoms. The molecule has 1 amide bonds. The lowest BCUT2D eigenvalue weighted by atomic mass is 9.88. The minimum absolute atomic E-state index is 0.00591. The molecule has 1 N–H and O–H groups in total. The van der Waals surface area contributed by atoms with E-state index in [1.807, 2.05) is 30.0 Å². The highest BCUT2D eigenvalue weighted by molar-refractivity contribution is 5.84. The molecule has 1 unspecified atom stereocenters. The van der Waals surface area contributed by atoms with Crippen LogP contribution in [0.5, 0.6) is 17.2 Å². The van der Waals surface area contributed by atoms with E-state index in [1.54, 1.807) is 14.2 Å². The summed E-state index contributed by atoms with van der Waals surface area (Å²) in [5, 5.41) is 1.16. The molecule has 2 aromatic carbocycles. The first-order chi connectivity index (χ1) is 14.7. The van der Waals surface area contributed by atoms with Crippen LogP contribution in [0.4, 0.5) is 0 Å². The fourth-order valence-electron chi connectivity index (χ4n) is 4.39. The van der Waals surface area contributed by atoms with Gasteiger partial charge in [0.1, 0.15) is 5.75 Å². The highest BCUT2D eigenvalue weighted by Gasteiger charge is 2.28. The molecule has 0 saturated carbocycles. The van der Waals surface area contributed by atoms with Crippen LogP contribution in [0.2, 0.25) is 0 Å². The van der Waals surface area contributed by atoms with Gasteiger partial charge in [-0.2, -0.15) is 0 Å². The maximum Gasteiger partial charge on any atom is 0.210 e. The number of carbonyl (C=O) groups is 1. The number of hydrogen-bond donors (Lipinski definition) is 1. The van der Waals surface area contributed by atoms with Gasteiger partial charge in [-0.15, -0.1) is 0 Å². The van der Waals surface area contributed by atoms with Gasteiger partial charge in [0.15, 0.2) is 11.5 Å². The van der Waals surface area contributed by atoms with Crippen LogP contribution in [-0.4, -0.2) is 43.7 Å². The molecule has 6 heteroatoms. The van der Waals surface area contributed by atoms with E-state index in [9.17, 15) is 4.79 Å². The Bertz CT molecular complexity index is 1040. The fourth-order valence-corrected chi connectivity index (χ4v) is 4.39. The smallest absolute Gasteiger partial charge is 0.210 e. The second kappa shape index (κ2) is 8.69. The van der Waals surface area contributed by atoms with Crippen LogP contribution in [0, 0.1) is 0 Å². The van der Waals surface area contributed by atoms with Gasteiger partial charge in [-0.1, -0.05) is 0 Å². The predicted molar refractivity (Wildman–Crippen MR) is 117 cm³/mol. The van der Waals surface area contributed by atoms with Crippen molar-refractivity contribution in [3.63, 3.8) is 0 Å². The van der Waals surface area contributed by atoms with Gasteiger partial charge in [0.05, 0.1) is 26.9 Å². The van der Waals surface area contributed by atoms with E-state index >= 15 is 0 Å². The number of nitrogens with zero attached hydrogens (tertiary/aromatic N) is 1. The zero-order valence-corrected chi connectivity index (χ0v) is 17.7. The van der Waals surface area contributed by atoms with Crippen LogP contribution in [0.25, 0.3) is 10.9 Å². The molecule has 0 bridgehead atoms. The molecule has 4 rings (SSSR count). The van der Waals surface area contributed by atoms with E-state index in [0.717, 1.165) is 53.6 Å². The lowest BCUT2D eigenvalue weighted by molar-refractivity contribution is -0.120. The van der Waals surface area contributed by atoms with Gasteiger partial charge in [0.25, 0.3) is 0 Å². The number of ether oxygens (including phenoxy) is 3. The summed E-state index contributed by atoms with van der Waals surface area (Å²) < 4.78 is 16.7. The third-order valence-corrected chi connectivity index (χ3v) is 5.92. The van der Waals surface area contributed by atoms with Crippen molar-refractivity contribution < 1.29 is 19.0 Å². The zero-order valence-electron chi connectivity index (χ0n) is 17.7. The van der Waals surface area contributed by atoms with Crippen LogP contribution in [0.1, 0.15) is 36.1 Å². The second-order valence-electron chi connectivity index (χ2n) is 7.51. The minimum Gasteiger partial charge on any atom is -0.497 e. The molecule has 0 fully saturated rings. The van der Waals surface area contributed by atoms with Crippen LogP contribution >= 0.6 is 0 Å². The number of hydrogen-bond acceptors (Lipinski definition) is 4. The summed E-state index contributed by atoms with van der Waals surface area (Å²) in [5.74, 6) is 2.32. The first-order valence-corrected chi connectivity index (χ1v) is 10.4. The van der Waals surface area contributed by atoms with E-state index in [-0.39, 0.29) is 6.04 Å². The third kappa shape index (κ3) is 3.70. The largest absolute Gasteiger partial charge is 0.497 e. The summed E-state index contributed by atoms with van der Waals surface area (Å²) in [4.78, 5) is 17.0. The lowest BCUT2D eigenvalue weighted by Gasteiger charge is -2.35. The molecule has 0 aliphatic carbocycles. The van der Waals surface area contributed by atoms with Crippen molar-refractivity contribution in [2.45, 2.75) is 32.2 Å². The van der Waals surface area contributed by atoms with Gasteiger partial charge in [0, 0.05) is 23.6 Å². The number of amides is 1. The van der Waals surface area contributed by atoms with Crippen molar-refractivity contribution in [3.8, 4) is 17.2 Å². The van der Waals surface area contributed by atoms with E-state index in [2.05, 4.69) is 23.3 Å². The minimum atomic E-state index is 0.00591. The van der Waals surface area contributed by atoms with Crippen molar-refractivity contribution in [2.75, 3.05) is 27.4 Å². The van der Waals surface area contributed by atoms with E-state index in [1.165, 1.54) is 11.1 Å². The van der Waals surface area contributed by atoms with Gasteiger partial charge in [-0.05, 0) is 73.2 Å². The number of methoxy groups -OCH3 is 2. The predicted octanol–water partition coefficient (Wildman–Crippen LogP) is 4.27. The Kier molecular flexibility index (Phi) is 5.84. The van der Waals surface area contributed by atoms with Gasteiger partial charge < -0.3 is 24.1 Å². The standard InChI is InChI=1S/C24H28N2O4/c1-4-30-24-11-16-9-10-26(15-27)22(20(16)13-23(24)29-3)8-5-17-14-25-21-7-6-18(28-2)12-19(17)21/h6-7,11-15,22,25H,4-5,8-10H2,1-3H3. The van der Waals surface area contributed by atoms with Crippen LogP contribution < -0.4 is 14.2 Å². The summed E-state index contributed by atoms with van der Waals surface area (Å²) in [6.07, 6.45) is 5.51. The molecule has 2 heterocycles. The molecule has 1 aromatic heterocycles. The van der Waals surface area contributed by atoms with Gasteiger partial charge >= 0.3 is 0 Å². The van der Waals surface area contributed by atoms with Gasteiger partial charge in [-0.3, -0.25) is 4.79 Å². The number of H-pyrrole nitrogens is 1. The average Bonchev–Trinajstić information content (AvgIpc) is 3.19. The average molecular weight is 408 g/mol. The van der Waals surface area contributed by atoms with Gasteiger partial charge in [-0.25, -0.2) is 0 Å². The molecule has 0 spiro atoms. The highest BCUT2D eigenvalue weighted by Crippen LogP contribution is 2.40. The Morgan fingerprint density at radius 3 is 2.77 bits per heavy atom. The van der Waals surface area contributed by atoms with Crippen molar-refractivity contribution >= 4 is 17.3 Å². The molecule has 1 aliphatic heterocycles. The summed E-state index contributed by atoms with van der Waals surface area (Å²) in [7, 11) is 3.33. The summed E-state index contributed by atoms with van der Waals surface area (Å²) in [6, 6.07) is 10.2. The number of fused-ring (bicyclic) bond motifs is 2. The maximum absolute atomic E-state index is 11.8. The molecule has 1 atom stereocenters. The Morgan fingerprint density at radius 1 is 1.17 bits per heavy atom. The molecule has 1 aliphatic rings. The number of carbonyl (C=O) groups excluding carboxylic acids is 1. The van der Waals surface area contributed by atoms with E-state index < -0.39 is 0 Å². The molecular weight excluding hydrogens is 380 g/mol. The topological polar surface area (TPSA) is 63.8 Å². The third-order valence-electron chi connectivity index (χ3n) is 5.92. The SMILES string of the molecule is CCOc1cc2c(cc1OC)C(CCc1c[nH]c3ccc(OC)cc13)N(C=O)CC2. The maximum atomic E-state index is 11.8. The van der Waals surface area contributed by atoms with Crippen molar-refractivity contribution in [1.29, 1.82) is 0 Å². The number of aromatic amines is 1. The highest BCUT2D eigenvalue weighted by atomic mass is 16.5. The molecule has 3 aromatic rings. The van der Waals surface area contributed by atoms with Crippen molar-refractivity contribution in [1.82, 2.24) is 9.88 Å². The number of nitrogens with one attached hydrogen (secondary N) is 1. The van der Waals surface area contributed by atoms with E-state index in [4.69, 9.17) is 14.2 Å². The number of benzene rings is 2. The van der Waals surface area contributed by atoms with Crippen molar-refractivity contribution in [2.24, 2.45) is 0 Å². The Hall–Kier alpha value is -3.15. The fraction of sp³-hybridized carbons (Fsp3) is 0.375. The Morgan fingerprint density at radius 2 is 2.03 bits per heavy atom. The first kappa shape index (κ1) is 20.1. The van der Waals surface area contributed by atoms with Crippen LogP contribution in [0.3, 0.4) is 0 Å². The molecule has 6 nitrogen and oxygen atoms in total. The first-order valence-electron chi connectivity index (χ1n) is 10.4. The van der Waals surface area contributed by atoms with E-state index in [0.29, 0.717) is 18.9 Å². The summed E-state index contributed by atoms with van der Waals surface area (Å²) in [6.45, 7) is 3.26. The molecule has 0 radical (unpaired) electrons. The Balaban J connectivity index is 1.64. The normalized spacial score (nSPS) is 15.7. The lowest BCUT2D eigenvalue weighted by Crippen LogP contribution is -2.34. The number of aryl methyl sites for hydroxylation is 1. The monoisotopic (exact) mass is 408 g/mol. The number of rotatable bonds is 8. The number of aromatic nitrogens is 1. The molecule has 158 valence electrons. The quantitative estimate of drug-likeness (QED) is 0.566. The summed E-state index contributed by atoms with van der Waals surface area (Å²) in [5.41, 5.74) is 4.68. The molecule has 0 saturated heterocycles.